The lowest BCUT2D eigenvalue weighted by Gasteiger charge is -2.26. The van der Waals surface area contributed by atoms with Crippen molar-refractivity contribution in [3.8, 4) is 11.5 Å². The van der Waals surface area contributed by atoms with Crippen LogP contribution in [0, 0.1) is 22.4 Å². The van der Waals surface area contributed by atoms with Gasteiger partial charge >= 0.3 is 11.7 Å². The van der Waals surface area contributed by atoms with E-state index in [1.165, 1.54) is 18.2 Å². The number of nitrogens with zero attached hydrogens (tertiary/aromatic N) is 1. The number of methoxy groups -OCH3 is 1. The van der Waals surface area contributed by atoms with Crippen LogP contribution in [0.1, 0.15) is 40.7 Å². The molecule has 1 atom stereocenters. The number of hydrogen-bond donors (Lipinski definition) is 2. The van der Waals surface area contributed by atoms with Gasteiger partial charge in [-0.3, -0.25) is 10.1 Å². The molecule has 1 fully saturated rings. The van der Waals surface area contributed by atoms with Gasteiger partial charge < -0.3 is 24.9 Å². The maximum absolute atomic E-state index is 12.0. The van der Waals surface area contributed by atoms with Crippen LogP contribution in [0.2, 0.25) is 0 Å². The summed E-state index contributed by atoms with van der Waals surface area (Å²) in [7, 11) is 1.15. The van der Waals surface area contributed by atoms with E-state index in [1.54, 1.807) is 13.0 Å². The van der Waals surface area contributed by atoms with Crippen LogP contribution in [0.4, 0.5) is 11.4 Å². The molecule has 1 unspecified atom stereocenters. The minimum atomic E-state index is -0.832. The highest BCUT2D eigenvalue weighted by Gasteiger charge is 2.28. The summed E-state index contributed by atoms with van der Waals surface area (Å²) in [6.07, 6.45) is 3.85. The SMILES string of the molecule is COC(=O)c1cccc(Oc2c(C)ccc(NC3CCCCO3)c2C=N)c1[N+](=O)[O-]. The molecule has 1 aliphatic heterocycles. The Labute approximate surface area is 173 Å². The van der Waals surface area contributed by atoms with Crippen LogP contribution >= 0.6 is 0 Å². The molecule has 9 nitrogen and oxygen atoms in total. The number of benzene rings is 2. The smallest absolute Gasteiger partial charge is 0.345 e. The number of esters is 1. The average molecular weight is 413 g/mol. The van der Waals surface area contributed by atoms with Crippen molar-refractivity contribution in [3.05, 3.63) is 57.1 Å². The van der Waals surface area contributed by atoms with Gasteiger partial charge in [-0.2, -0.15) is 0 Å². The summed E-state index contributed by atoms with van der Waals surface area (Å²) in [6.45, 7) is 2.44. The number of rotatable bonds is 7. The lowest BCUT2D eigenvalue weighted by atomic mass is 10.1. The number of hydrogen-bond acceptors (Lipinski definition) is 8. The van der Waals surface area contributed by atoms with Crippen LogP contribution in [0.25, 0.3) is 0 Å². The Morgan fingerprint density at radius 1 is 1.33 bits per heavy atom. The summed E-state index contributed by atoms with van der Waals surface area (Å²) in [6, 6.07) is 7.80. The maximum atomic E-state index is 12.0. The van der Waals surface area contributed by atoms with Gasteiger partial charge in [0.25, 0.3) is 0 Å². The van der Waals surface area contributed by atoms with Crippen LogP contribution < -0.4 is 10.1 Å². The summed E-state index contributed by atoms with van der Waals surface area (Å²) >= 11 is 0. The summed E-state index contributed by atoms with van der Waals surface area (Å²) < 4.78 is 16.3. The first-order valence-corrected chi connectivity index (χ1v) is 9.52. The second-order valence-corrected chi connectivity index (χ2v) is 6.82. The second-order valence-electron chi connectivity index (χ2n) is 6.82. The Kier molecular flexibility index (Phi) is 6.63. The Bertz CT molecular complexity index is 969. The van der Waals surface area contributed by atoms with Gasteiger partial charge in [0.15, 0.2) is 0 Å². The monoisotopic (exact) mass is 413 g/mol. The number of anilines is 1. The van der Waals surface area contributed by atoms with Crippen molar-refractivity contribution in [2.24, 2.45) is 0 Å². The lowest BCUT2D eigenvalue weighted by Crippen LogP contribution is -2.27. The largest absolute Gasteiger partial charge is 0.465 e. The van der Waals surface area contributed by atoms with Gasteiger partial charge in [0.05, 0.1) is 17.6 Å². The highest BCUT2D eigenvalue weighted by atomic mass is 16.6. The van der Waals surface area contributed by atoms with E-state index in [1.807, 2.05) is 6.07 Å². The minimum absolute atomic E-state index is 0.111. The van der Waals surface area contributed by atoms with Gasteiger partial charge in [-0.15, -0.1) is 0 Å². The van der Waals surface area contributed by atoms with Gasteiger partial charge in [0.2, 0.25) is 5.75 Å². The first-order chi connectivity index (χ1) is 14.5. The topological polar surface area (TPSA) is 124 Å². The fourth-order valence-electron chi connectivity index (χ4n) is 3.32. The number of nitro benzene ring substituents is 1. The molecular weight excluding hydrogens is 390 g/mol. The number of para-hydroxylation sites is 1. The summed E-state index contributed by atoms with van der Waals surface area (Å²) in [5, 5.41) is 22.8. The molecule has 1 aliphatic rings. The molecule has 3 rings (SSSR count). The number of nitro groups is 1. The van der Waals surface area contributed by atoms with E-state index >= 15 is 0 Å². The molecule has 0 aliphatic carbocycles. The molecule has 2 aromatic rings. The first-order valence-electron chi connectivity index (χ1n) is 9.52. The molecule has 30 heavy (non-hydrogen) atoms. The molecule has 0 bridgehead atoms. The van der Waals surface area contributed by atoms with E-state index in [4.69, 9.17) is 14.9 Å². The number of carbonyl (C=O) groups is 1. The highest BCUT2D eigenvalue weighted by molar-refractivity contribution is 5.95. The standard InChI is InChI=1S/C21H23N3O6/c1-13-9-10-16(23-18-8-3-4-11-29-18)15(12-22)20(13)30-17-7-5-6-14(21(25)28-2)19(17)24(26)27/h5-7,9-10,12,18,22-23H,3-4,8,11H2,1-2H3. The lowest BCUT2D eigenvalue weighted by molar-refractivity contribution is -0.386. The Morgan fingerprint density at radius 2 is 2.13 bits per heavy atom. The third-order valence-corrected chi connectivity index (χ3v) is 4.83. The fraction of sp³-hybridized carbons (Fsp3) is 0.333. The first kappa shape index (κ1) is 21.3. The molecule has 0 aromatic heterocycles. The van der Waals surface area contributed by atoms with Crippen molar-refractivity contribution in [1.29, 1.82) is 5.41 Å². The van der Waals surface area contributed by atoms with Crippen molar-refractivity contribution in [2.75, 3.05) is 19.0 Å². The normalized spacial score (nSPS) is 15.9. The quantitative estimate of drug-likeness (QED) is 0.298. The van der Waals surface area contributed by atoms with Crippen LogP contribution in [-0.2, 0) is 9.47 Å². The minimum Gasteiger partial charge on any atom is -0.465 e. The average Bonchev–Trinajstić information content (AvgIpc) is 2.76. The number of nitrogens with one attached hydrogen (secondary N) is 2. The van der Waals surface area contributed by atoms with Gasteiger partial charge in [-0.25, -0.2) is 4.79 Å². The molecule has 2 N–H and O–H groups in total. The zero-order valence-corrected chi connectivity index (χ0v) is 16.8. The summed E-state index contributed by atoms with van der Waals surface area (Å²) in [5.41, 5.74) is 1.04. The molecule has 9 heteroatoms. The fourth-order valence-corrected chi connectivity index (χ4v) is 3.32. The number of ether oxygens (including phenoxy) is 3. The van der Waals surface area contributed by atoms with Crippen LogP contribution in [0.5, 0.6) is 11.5 Å². The third kappa shape index (κ3) is 4.41. The summed E-state index contributed by atoms with van der Waals surface area (Å²) in [5.74, 6) is -0.655. The molecule has 2 aromatic carbocycles. The predicted octanol–water partition coefficient (Wildman–Crippen LogP) is 4.42. The van der Waals surface area contributed by atoms with Crippen LogP contribution in [0.3, 0.4) is 0 Å². The molecular formula is C21H23N3O6. The molecule has 0 radical (unpaired) electrons. The van der Waals surface area contributed by atoms with Gasteiger partial charge in [0, 0.05) is 18.5 Å². The van der Waals surface area contributed by atoms with E-state index in [0.29, 0.717) is 23.4 Å². The zero-order chi connectivity index (χ0) is 21.7. The Hall–Kier alpha value is -3.46. The van der Waals surface area contributed by atoms with Gasteiger partial charge in [-0.05, 0) is 49.9 Å². The number of carbonyl (C=O) groups excluding carboxylic acids is 1. The van der Waals surface area contributed by atoms with Gasteiger partial charge in [0.1, 0.15) is 17.5 Å². The van der Waals surface area contributed by atoms with Crippen molar-refractivity contribution in [1.82, 2.24) is 0 Å². The van der Waals surface area contributed by atoms with Crippen molar-refractivity contribution >= 4 is 23.6 Å². The molecule has 0 spiro atoms. The highest BCUT2D eigenvalue weighted by Crippen LogP contribution is 2.39. The molecule has 0 saturated carbocycles. The van der Waals surface area contributed by atoms with E-state index in [2.05, 4.69) is 10.1 Å². The van der Waals surface area contributed by atoms with E-state index in [0.717, 1.165) is 32.6 Å². The zero-order valence-electron chi connectivity index (χ0n) is 16.8. The molecule has 1 heterocycles. The molecule has 1 saturated heterocycles. The van der Waals surface area contributed by atoms with E-state index in [-0.39, 0.29) is 23.3 Å². The molecule has 0 amide bonds. The van der Waals surface area contributed by atoms with Crippen LogP contribution in [-0.4, -0.2) is 37.1 Å². The maximum Gasteiger partial charge on any atom is 0.345 e. The van der Waals surface area contributed by atoms with Gasteiger partial charge in [-0.1, -0.05) is 12.1 Å². The van der Waals surface area contributed by atoms with Crippen LogP contribution in [0.15, 0.2) is 30.3 Å². The third-order valence-electron chi connectivity index (χ3n) is 4.83. The van der Waals surface area contributed by atoms with E-state index < -0.39 is 16.6 Å². The summed E-state index contributed by atoms with van der Waals surface area (Å²) in [4.78, 5) is 23.0. The Morgan fingerprint density at radius 3 is 2.77 bits per heavy atom. The van der Waals surface area contributed by atoms with Crippen molar-refractivity contribution in [2.45, 2.75) is 32.4 Å². The second kappa shape index (κ2) is 9.36. The predicted molar refractivity (Wildman–Crippen MR) is 111 cm³/mol. The van der Waals surface area contributed by atoms with Crippen molar-refractivity contribution < 1.29 is 23.9 Å². The Balaban J connectivity index is 2.02. The van der Waals surface area contributed by atoms with E-state index in [9.17, 15) is 14.9 Å². The van der Waals surface area contributed by atoms with Crippen molar-refractivity contribution in [3.63, 3.8) is 0 Å². The molecule has 158 valence electrons. The number of aryl methyl sites for hydroxylation is 1.